The lowest BCUT2D eigenvalue weighted by Gasteiger charge is -1.96. The van der Waals surface area contributed by atoms with Crippen molar-refractivity contribution in [2.75, 3.05) is 0 Å². The van der Waals surface area contributed by atoms with Crippen LogP contribution in [0.15, 0.2) is 11.0 Å². The first-order chi connectivity index (χ1) is 6.18. The second-order valence-electron chi connectivity index (χ2n) is 3.10. The maximum absolute atomic E-state index is 11.3. The van der Waals surface area contributed by atoms with Gasteiger partial charge in [0.1, 0.15) is 0 Å². The van der Waals surface area contributed by atoms with E-state index >= 15 is 0 Å². The maximum atomic E-state index is 11.3. The van der Waals surface area contributed by atoms with E-state index in [1.54, 1.807) is 0 Å². The first kappa shape index (κ1) is 8.69. The molecule has 0 fully saturated rings. The fourth-order valence-electron chi connectivity index (χ4n) is 1.53. The van der Waals surface area contributed by atoms with E-state index in [0.717, 1.165) is 23.3 Å². The second-order valence-corrected chi connectivity index (χ2v) is 3.99. The smallest absolute Gasteiger partial charge is 0.159 e. The molecule has 1 aliphatic carbocycles. The summed E-state index contributed by atoms with van der Waals surface area (Å²) in [5.74, 6) is 0.238. The Morgan fingerprint density at radius 3 is 2.77 bits per heavy atom. The van der Waals surface area contributed by atoms with Gasteiger partial charge >= 0.3 is 0 Å². The van der Waals surface area contributed by atoms with Gasteiger partial charge in [0, 0.05) is 16.7 Å². The molecule has 0 saturated carbocycles. The number of hydrogen-bond donors (Lipinski definition) is 0. The summed E-state index contributed by atoms with van der Waals surface area (Å²) in [5.41, 5.74) is 2.80. The number of ketones is 1. The fourth-order valence-corrected chi connectivity index (χ4v) is 2.11. The van der Waals surface area contributed by atoms with Crippen LogP contribution in [0.3, 0.4) is 0 Å². The summed E-state index contributed by atoms with van der Waals surface area (Å²) < 4.78 is 0. The molecule has 2 nitrogen and oxygen atoms in total. The number of thiazole rings is 1. The lowest BCUT2D eigenvalue weighted by atomic mass is 10.1. The minimum Gasteiger partial charge on any atom is -0.295 e. The Labute approximate surface area is 82.1 Å². The van der Waals surface area contributed by atoms with Gasteiger partial charge in [-0.2, -0.15) is 0 Å². The zero-order valence-corrected chi connectivity index (χ0v) is 8.15. The Hall–Kier alpha value is -0.895. The first-order valence-corrected chi connectivity index (χ1v) is 5.01. The molecular weight excluding hydrogens is 181 g/mol. The molecule has 1 heterocycles. The molecule has 64 valence electrons. The average molecular weight is 189 g/mol. The first-order valence-electron chi connectivity index (χ1n) is 4.13. The van der Waals surface area contributed by atoms with Gasteiger partial charge in [-0.25, -0.2) is 0 Å². The summed E-state index contributed by atoms with van der Waals surface area (Å²) in [6.45, 7) is 1.86. The Balaban J connectivity index is 2.42. The van der Waals surface area contributed by atoms with E-state index in [1.165, 1.54) is 11.3 Å². The highest BCUT2D eigenvalue weighted by Crippen LogP contribution is 2.30. The van der Waals surface area contributed by atoms with Crippen LogP contribution in [0.1, 0.15) is 25.5 Å². The summed E-state index contributed by atoms with van der Waals surface area (Å²) >= 11 is 1.42. The van der Waals surface area contributed by atoms with Gasteiger partial charge in [-0.05, 0) is 24.5 Å². The van der Waals surface area contributed by atoms with E-state index in [2.05, 4.69) is 4.98 Å². The van der Waals surface area contributed by atoms with E-state index in [-0.39, 0.29) is 5.78 Å². The van der Waals surface area contributed by atoms with E-state index in [0.29, 0.717) is 11.3 Å². The van der Waals surface area contributed by atoms with Crippen LogP contribution < -0.4 is 4.91 Å². The summed E-state index contributed by atoms with van der Waals surface area (Å²) in [6.07, 6.45) is 1.44. The van der Waals surface area contributed by atoms with Crippen molar-refractivity contribution in [3.05, 3.63) is 16.6 Å². The molecule has 1 aliphatic rings. The normalized spacial score (nSPS) is 17.2. The van der Waals surface area contributed by atoms with Gasteiger partial charge in [-0.15, -0.1) is 11.3 Å². The SMILES string of the molecule is [B]c1nc(C2=C(C)C(=O)CC2)cs1. The Morgan fingerprint density at radius 1 is 1.54 bits per heavy atom. The third-order valence-electron chi connectivity index (χ3n) is 2.30. The highest BCUT2D eigenvalue weighted by atomic mass is 32.1. The Kier molecular flexibility index (Phi) is 2.08. The van der Waals surface area contributed by atoms with Gasteiger partial charge < -0.3 is 0 Å². The van der Waals surface area contributed by atoms with Gasteiger partial charge in [-0.3, -0.25) is 9.78 Å². The van der Waals surface area contributed by atoms with E-state index in [9.17, 15) is 4.79 Å². The third kappa shape index (κ3) is 1.46. The highest BCUT2D eigenvalue weighted by molar-refractivity contribution is 7.17. The number of aromatic nitrogens is 1. The van der Waals surface area contributed by atoms with Crippen molar-refractivity contribution >= 4 is 35.4 Å². The fraction of sp³-hybridized carbons (Fsp3) is 0.333. The number of Topliss-reactive ketones (excluding diaryl/α,β-unsaturated/α-hetero) is 1. The average Bonchev–Trinajstić information content (AvgIpc) is 2.62. The van der Waals surface area contributed by atoms with Crippen LogP contribution >= 0.6 is 11.3 Å². The molecule has 2 radical (unpaired) electrons. The molecule has 0 bridgehead atoms. The topological polar surface area (TPSA) is 30.0 Å². The summed E-state index contributed by atoms with van der Waals surface area (Å²) in [6, 6.07) is 0. The summed E-state index contributed by atoms with van der Waals surface area (Å²) in [4.78, 5) is 16.0. The van der Waals surface area contributed by atoms with Crippen molar-refractivity contribution in [2.45, 2.75) is 19.8 Å². The molecule has 0 amide bonds. The minimum absolute atomic E-state index is 0.238. The number of allylic oxidation sites excluding steroid dienone is 2. The summed E-state index contributed by atoms with van der Waals surface area (Å²) in [7, 11) is 5.53. The molecular formula is C9H8BNOS. The molecule has 0 aliphatic heterocycles. The van der Waals surface area contributed by atoms with E-state index < -0.39 is 0 Å². The molecule has 0 saturated heterocycles. The van der Waals surface area contributed by atoms with E-state index in [4.69, 9.17) is 7.85 Å². The lowest BCUT2D eigenvalue weighted by Crippen LogP contribution is -1.99. The zero-order valence-electron chi connectivity index (χ0n) is 7.33. The van der Waals surface area contributed by atoms with Crippen LogP contribution in [0.25, 0.3) is 5.57 Å². The second kappa shape index (κ2) is 3.11. The Bertz CT molecular complexity index is 394. The number of rotatable bonds is 1. The highest BCUT2D eigenvalue weighted by Gasteiger charge is 2.21. The van der Waals surface area contributed by atoms with Gasteiger partial charge in [0.25, 0.3) is 0 Å². The molecule has 0 atom stereocenters. The predicted molar refractivity (Wildman–Crippen MR) is 54.3 cm³/mol. The zero-order chi connectivity index (χ0) is 9.42. The molecule has 2 rings (SSSR count). The number of nitrogens with zero attached hydrogens (tertiary/aromatic N) is 1. The van der Waals surface area contributed by atoms with Crippen molar-refractivity contribution in [1.82, 2.24) is 4.98 Å². The summed E-state index contributed by atoms with van der Waals surface area (Å²) in [5, 5.41) is 1.91. The number of hydrogen-bond acceptors (Lipinski definition) is 3. The Morgan fingerprint density at radius 2 is 2.31 bits per heavy atom. The minimum atomic E-state index is 0.238. The van der Waals surface area contributed by atoms with E-state index in [1.807, 2.05) is 12.3 Å². The third-order valence-corrected chi connectivity index (χ3v) is 2.98. The van der Waals surface area contributed by atoms with Gasteiger partial charge in [0.2, 0.25) is 0 Å². The maximum Gasteiger partial charge on any atom is 0.159 e. The van der Waals surface area contributed by atoms with Crippen molar-refractivity contribution < 1.29 is 4.79 Å². The largest absolute Gasteiger partial charge is 0.295 e. The number of carbonyl (C=O) groups is 1. The van der Waals surface area contributed by atoms with Gasteiger partial charge in [0.05, 0.1) is 5.69 Å². The van der Waals surface area contributed by atoms with Crippen molar-refractivity contribution in [1.29, 1.82) is 0 Å². The van der Waals surface area contributed by atoms with Crippen LogP contribution in [0.2, 0.25) is 0 Å². The van der Waals surface area contributed by atoms with Crippen LogP contribution in [-0.2, 0) is 4.79 Å². The van der Waals surface area contributed by atoms with Gasteiger partial charge in [-0.1, -0.05) is 0 Å². The molecule has 0 N–H and O–H groups in total. The van der Waals surface area contributed by atoms with Gasteiger partial charge in [0.15, 0.2) is 13.6 Å². The van der Waals surface area contributed by atoms with Crippen molar-refractivity contribution in [3.63, 3.8) is 0 Å². The molecule has 13 heavy (non-hydrogen) atoms. The molecule has 4 heteroatoms. The monoisotopic (exact) mass is 189 g/mol. The number of carbonyl (C=O) groups excluding carboxylic acids is 1. The molecule has 1 aromatic rings. The molecule has 1 aromatic heterocycles. The van der Waals surface area contributed by atoms with Crippen LogP contribution in [0, 0.1) is 0 Å². The lowest BCUT2D eigenvalue weighted by molar-refractivity contribution is -0.114. The molecule has 0 spiro atoms. The molecule has 0 unspecified atom stereocenters. The molecule has 0 aromatic carbocycles. The van der Waals surface area contributed by atoms with Crippen LogP contribution in [0.4, 0.5) is 0 Å². The van der Waals surface area contributed by atoms with Crippen molar-refractivity contribution in [3.8, 4) is 0 Å². The van der Waals surface area contributed by atoms with Crippen molar-refractivity contribution in [2.24, 2.45) is 0 Å². The van der Waals surface area contributed by atoms with Crippen LogP contribution in [0.5, 0.6) is 0 Å². The quantitative estimate of drug-likeness (QED) is 0.618. The standard InChI is InChI=1S/C9H8BNOS/c1-5-6(2-3-8(5)12)7-4-13-9(10)11-7/h4H,2-3H2,1H3. The van der Waals surface area contributed by atoms with Crippen LogP contribution in [-0.4, -0.2) is 18.6 Å². The predicted octanol–water partition coefficient (Wildman–Crippen LogP) is 1.07.